The maximum Gasteiger partial charge on any atom is 0.167 e. The second-order valence-electron chi connectivity index (χ2n) is 17.1. The number of fused-ring (bicyclic) bond motifs is 1. The van der Waals surface area contributed by atoms with Crippen LogP contribution in [-0.4, -0.2) is 33.1 Å². The molecule has 248 valence electrons. The fraction of sp³-hybridized carbons (Fsp3) is 0.771. The summed E-state index contributed by atoms with van der Waals surface area (Å²) in [5.41, 5.74) is 9.85. The number of Topliss-reactive ketones (excluding diaryl/α,β-unsaturated/α-hetero) is 3. The standard InChI is InChI=1S/C18H30O2.C13H20N2O.C4H11N.H4N2/c1-12(2)8-13(9-17(3,4)5)16-14(19)10-18(6,7)11-15(16)20;1-8(2)5-9-12-10(15-14-9)6-13(3,4)7-11(12)16;1-4(2,3)5;1-2/h12H,8-11H2,1-7H3;8H,5-7H2,1-4H3,(H,14,15);5H2,1-3H3;1-2H2. The van der Waals surface area contributed by atoms with Gasteiger partial charge in [0.25, 0.3) is 0 Å². The highest BCUT2D eigenvalue weighted by Crippen LogP contribution is 2.39. The zero-order chi connectivity index (χ0) is 34.1. The number of nitrogens with zero attached hydrogens (tertiary/aromatic N) is 1. The van der Waals surface area contributed by atoms with E-state index in [1.807, 2.05) is 34.6 Å². The van der Waals surface area contributed by atoms with Crippen LogP contribution in [0.15, 0.2) is 11.1 Å². The second kappa shape index (κ2) is 16.2. The van der Waals surface area contributed by atoms with Crippen LogP contribution in [-0.2, 0) is 22.4 Å². The lowest BCUT2D eigenvalue weighted by atomic mass is 9.71. The largest absolute Gasteiger partial charge is 0.326 e. The number of rotatable bonds is 5. The predicted molar refractivity (Wildman–Crippen MR) is 179 cm³/mol. The van der Waals surface area contributed by atoms with Crippen molar-refractivity contribution in [2.45, 2.75) is 147 Å². The molecule has 0 aromatic carbocycles. The Hall–Kier alpha value is -2.16. The van der Waals surface area contributed by atoms with E-state index in [-0.39, 0.29) is 39.1 Å². The van der Waals surface area contributed by atoms with Crippen molar-refractivity contribution in [2.75, 3.05) is 0 Å². The molecule has 0 amide bonds. The van der Waals surface area contributed by atoms with Crippen LogP contribution in [0.3, 0.4) is 0 Å². The summed E-state index contributed by atoms with van der Waals surface area (Å²) in [5, 5.41) is 7.35. The first kappa shape index (κ1) is 40.8. The first-order valence-electron chi connectivity index (χ1n) is 15.8. The molecular formula is C35H65N5O3. The van der Waals surface area contributed by atoms with E-state index in [1.54, 1.807) is 0 Å². The van der Waals surface area contributed by atoms with Crippen molar-refractivity contribution in [1.82, 2.24) is 10.2 Å². The number of carbonyl (C=O) groups is 3. The first-order valence-corrected chi connectivity index (χ1v) is 15.8. The van der Waals surface area contributed by atoms with Gasteiger partial charge >= 0.3 is 0 Å². The van der Waals surface area contributed by atoms with Gasteiger partial charge in [0.15, 0.2) is 17.3 Å². The van der Waals surface area contributed by atoms with Gasteiger partial charge in [0, 0.05) is 30.5 Å². The summed E-state index contributed by atoms with van der Waals surface area (Å²) in [4.78, 5) is 37.0. The van der Waals surface area contributed by atoms with E-state index in [1.165, 1.54) is 0 Å². The van der Waals surface area contributed by atoms with E-state index in [9.17, 15) is 14.4 Å². The van der Waals surface area contributed by atoms with Gasteiger partial charge in [-0.25, -0.2) is 0 Å². The lowest BCUT2D eigenvalue weighted by molar-refractivity contribution is -0.127. The molecule has 0 unspecified atom stereocenters. The van der Waals surface area contributed by atoms with Crippen molar-refractivity contribution >= 4 is 17.3 Å². The zero-order valence-electron chi connectivity index (χ0n) is 30.0. The summed E-state index contributed by atoms with van der Waals surface area (Å²) in [5.74, 6) is 9.39. The number of aromatic nitrogens is 2. The molecule has 1 saturated carbocycles. The van der Waals surface area contributed by atoms with Crippen LogP contribution in [0.1, 0.15) is 151 Å². The Labute approximate surface area is 262 Å². The molecular weight excluding hydrogens is 538 g/mol. The Morgan fingerprint density at radius 1 is 0.791 bits per heavy atom. The summed E-state index contributed by atoms with van der Waals surface area (Å²) in [7, 11) is 0. The average molecular weight is 604 g/mol. The molecule has 3 rings (SSSR count). The molecule has 0 saturated heterocycles. The number of hydrazine groups is 1. The van der Waals surface area contributed by atoms with Gasteiger partial charge in [0.2, 0.25) is 0 Å². The van der Waals surface area contributed by atoms with Crippen molar-refractivity contribution in [3.63, 3.8) is 0 Å². The van der Waals surface area contributed by atoms with Crippen LogP contribution in [0, 0.1) is 28.1 Å². The van der Waals surface area contributed by atoms with Gasteiger partial charge in [0.1, 0.15) is 0 Å². The molecule has 0 radical (unpaired) electrons. The first-order chi connectivity index (χ1) is 19.3. The minimum atomic E-state index is -0.178. The molecule has 7 N–H and O–H groups in total. The molecule has 0 bridgehead atoms. The van der Waals surface area contributed by atoms with Crippen molar-refractivity contribution in [3.8, 4) is 0 Å². The van der Waals surface area contributed by atoms with E-state index in [4.69, 9.17) is 5.73 Å². The number of hydrogen-bond acceptors (Lipinski definition) is 7. The normalized spacial score (nSPS) is 17.7. The Morgan fingerprint density at radius 3 is 1.60 bits per heavy atom. The van der Waals surface area contributed by atoms with Crippen LogP contribution in [0.25, 0.3) is 0 Å². The molecule has 43 heavy (non-hydrogen) atoms. The van der Waals surface area contributed by atoms with Gasteiger partial charge < -0.3 is 5.73 Å². The van der Waals surface area contributed by atoms with E-state index < -0.39 is 0 Å². The number of aromatic amines is 1. The lowest BCUT2D eigenvalue weighted by Gasteiger charge is -2.31. The molecule has 1 fully saturated rings. The van der Waals surface area contributed by atoms with Crippen molar-refractivity contribution in [2.24, 2.45) is 45.5 Å². The Kier molecular flexibility index (Phi) is 15.4. The lowest BCUT2D eigenvalue weighted by Crippen LogP contribution is -2.33. The molecule has 1 aromatic rings. The zero-order valence-corrected chi connectivity index (χ0v) is 30.0. The Morgan fingerprint density at radius 2 is 1.21 bits per heavy atom. The van der Waals surface area contributed by atoms with E-state index in [0.29, 0.717) is 36.7 Å². The number of H-pyrrole nitrogens is 1. The Bertz CT molecular complexity index is 1070. The monoisotopic (exact) mass is 604 g/mol. The van der Waals surface area contributed by atoms with Gasteiger partial charge in [-0.2, -0.15) is 5.10 Å². The van der Waals surface area contributed by atoms with Gasteiger partial charge in [0.05, 0.1) is 16.8 Å². The molecule has 0 atom stereocenters. The van der Waals surface area contributed by atoms with Gasteiger partial charge in [-0.3, -0.25) is 31.2 Å². The van der Waals surface area contributed by atoms with Crippen LogP contribution >= 0.6 is 0 Å². The fourth-order valence-electron chi connectivity index (χ4n) is 5.53. The van der Waals surface area contributed by atoms with E-state index >= 15 is 0 Å². The molecule has 8 heteroatoms. The van der Waals surface area contributed by atoms with Gasteiger partial charge in [-0.05, 0) is 74.5 Å². The predicted octanol–water partition coefficient (Wildman–Crippen LogP) is 7.05. The van der Waals surface area contributed by atoms with Crippen LogP contribution in [0.4, 0.5) is 0 Å². The summed E-state index contributed by atoms with van der Waals surface area (Å²) in [6.45, 7) is 29.3. The minimum Gasteiger partial charge on any atom is -0.326 e. The maximum absolute atomic E-state index is 12.5. The third-order valence-corrected chi connectivity index (χ3v) is 6.68. The average Bonchev–Trinajstić information content (AvgIpc) is 3.12. The highest BCUT2D eigenvalue weighted by Gasteiger charge is 2.38. The highest BCUT2D eigenvalue weighted by molar-refractivity contribution is 6.22. The molecule has 0 spiro atoms. The molecule has 2 aliphatic carbocycles. The number of allylic oxidation sites excluding steroid dienone is 2. The summed E-state index contributed by atoms with van der Waals surface area (Å²) >= 11 is 0. The van der Waals surface area contributed by atoms with E-state index in [2.05, 4.69) is 84.2 Å². The summed E-state index contributed by atoms with van der Waals surface area (Å²) in [6.07, 6.45) is 5.14. The van der Waals surface area contributed by atoms with Crippen molar-refractivity contribution in [1.29, 1.82) is 0 Å². The third kappa shape index (κ3) is 15.9. The Balaban J connectivity index is 0.000000684. The smallest absolute Gasteiger partial charge is 0.167 e. The van der Waals surface area contributed by atoms with Crippen LogP contribution in [0.5, 0.6) is 0 Å². The van der Waals surface area contributed by atoms with Gasteiger partial charge in [-0.15, -0.1) is 0 Å². The summed E-state index contributed by atoms with van der Waals surface area (Å²) in [6, 6.07) is 0. The number of nitrogens with one attached hydrogen (secondary N) is 1. The third-order valence-electron chi connectivity index (χ3n) is 6.68. The molecule has 0 aliphatic heterocycles. The quantitative estimate of drug-likeness (QED) is 0.121. The topological polar surface area (TPSA) is 158 Å². The number of nitrogens with two attached hydrogens (primary N) is 3. The highest BCUT2D eigenvalue weighted by atomic mass is 16.2. The summed E-state index contributed by atoms with van der Waals surface area (Å²) < 4.78 is 0. The van der Waals surface area contributed by atoms with Crippen LogP contribution in [0.2, 0.25) is 0 Å². The number of ketones is 3. The SMILES string of the molecule is CC(C)(C)N.CC(C)CC(CC(C)(C)C)=C1C(=O)CC(C)(C)CC1=O.CC(C)Cc1n[nH]c2c1C(=O)CC(C)(C)C2.NN. The van der Waals surface area contributed by atoms with Crippen molar-refractivity contribution < 1.29 is 14.4 Å². The number of carbonyl (C=O) groups excluding carboxylic acids is 3. The second-order valence-corrected chi connectivity index (χ2v) is 17.1. The maximum atomic E-state index is 12.5. The fourth-order valence-corrected chi connectivity index (χ4v) is 5.53. The molecule has 1 heterocycles. The minimum absolute atomic E-state index is 0. The molecule has 8 nitrogen and oxygen atoms in total. The van der Waals surface area contributed by atoms with Crippen LogP contribution < -0.4 is 17.4 Å². The molecule has 1 aromatic heterocycles. The van der Waals surface area contributed by atoms with Crippen molar-refractivity contribution in [3.05, 3.63) is 28.1 Å². The number of hydrogen-bond donors (Lipinski definition) is 4. The van der Waals surface area contributed by atoms with E-state index in [0.717, 1.165) is 48.2 Å². The molecule has 2 aliphatic rings. The van der Waals surface area contributed by atoms with Gasteiger partial charge in [-0.1, -0.05) is 81.7 Å².